The number of nitrogens with one attached hydrogen (secondary N) is 1. The van der Waals surface area contributed by atoms with Crippen LogP contribution in [0.3, 0.4) is 0 Å². The van der Waals surface area contributed by atoms with Crippen LogP contribution in [0.5, 0.6) is 5.75 Å². The van der Waals surface area contributed by atoms with Crippen LogP contribution in [0.2, 0.25) is 0 Å². The maximum atomic E-state index is 15.1. The molecule has 2 aliphatic carbocycles. The smallest absolute Gasteiger partial charge is 0.331 e. The molecule has 1 aromatic heterocycles. The molecule has 0 bridgehead atoms. The van der Waals surface area contributed by atoms with Gasteiger partial charge in [-0.05, 0) is 38.2 Å². The highest BCUT2D eigenvalue weighted by Crippen LogP contribution is 2.36. The standard InChI is InChI=1S/C23H30FN3O5/c24-20-16(25-14-7-2-1-3-8-14)13-17-19(21(20)30)22(31)26(12-6-11-18(28)29)23(32)27(17)15-9-4-5-10-15/h13-15,25,30H,1-12H2,(H,28,29). The second-order valence-electron chi connectivity index (χ2n) is 9.01. The predicted octanol–water partition coefficient (Wildman–Crippen LogP) is 3.73. The summed E-state index contributed by atoms with van der Waals surface area (Å²) in [7, 11) is 0. The van der Waals surface area contributed by atoms with E-state index in [1.54, 1.807) is 0 Å². The number of aliphatic carboxylic acids is 1. The molecule has 2 aliphatic rings. The summed E-state index contributed by atoms with van der Waals surface area (Å²) in [6.45, 7) is -0.101. The Hall–Kier alpha value is -2.84. The van der Waals surface area contributed by atoms with Crippen LogP contribution in [0.4, 0.5) is 10.1 Å². The Morgan fingerprint density at radius 3 is 2.41 bits per heavy atom. The van der Waals surface area contributed by atoms with Gasteiger partial charge >= 0.3 is 11.7 Å². The van der Waals surface area contributed by atoms with Crippen LogP contribution in [0, 0.1) is 5.82 Å². The zero-order valence-corrected chi connectivity index (χ0v) is 18.1. The normalized spacial score (nSPS) is 17.8. The third-order valence-corrected chi connectivity index (χ3v) is 6.80. The largest absolute Gasteiger partial charge is 0.504 e. The summed E-state index contributed by atoms with van der Waals surface area (Å²) in [6.07, 6.45) is 8.33. The van der Waals surface area contributed by atoms with E-state index in [0.717, 1.165) is 62.4 Å². The van der Waals surface area contributed by atoms with Gasteiger partial charge in [-0.25, -0.2) is 9.18 Å². The first kappa shape index (κ1) is 22.4. The molecule has 4 rings (SSSR count). The van der Waals surface area contributed by atoms with Gasteiger partial charge < -0.3 is 15.5 Å². The van der Waals surface area contributed by atoms with Gasteiger partial charge in [-0.2, -0.15) is 0 Å². The third-order valence-electron chi connectivity index (χ3n) is 6.80. The van der Waals surface area contributed by atoms with Crippen molar-refractivity contribution in [3.63, 3.8) is 0 Å². The van der Waals surface area contributed by atoms with Gasteiger partial charge in [0.05, 0.1) is 11.2 Å². The van der Waals surface area contributed by atoms with Crippen LogP contribution < -0.4 is 16.6 Å². The number of rotatable bonds is 7. The number of carboxylic acid groups (broad SMARTS) is 1. The molecular formula is C23H30FN3O5. The van der Waals surface area contributed by atoms with Gasteiger partial charge in [0.15, 0.2) is 11.6 Å². The number of carboxylic acids is 1. The predicted molar refractivity (Wildman–Crippen MR) is 119 cm³/mol. The Morgan fingerprint density at radius 1 is 1.09 bits per heavy atom. The molecule has 32 heavy (non-hydrogen) atoms. The number of carbonyl (C=O) groups is 1. The summed E-state index contributed by atoms with van der Waals surface area (Å²) < 4.78 is 17.6. The number of phenolic OH excluding ortho intramolecular Hbond substituents is 1. The number of phenols is 1. The first-order valence-corrected chi connectivity index (χ1v) is 11.6. The Balaban J connectivity index is 1.87. The minimum atomic E-state index is -1.03. The van der Waals surface area contributed by atoms with Crippen molar-refractivity contribution in [1.29, 1.82) is 0 Å². The Kier molecular flexibility index (Phi) is 6.53. The van der Waals surface area contributed by atoms with E-state index >= 15 is 4.39 Å². The van der Waals surface area contributed by atoms with Crippen LogP contribution in [-0.4, -0.2) is 31.4 Å². The maximum Gasteiger partial charge on any atom is 0.331 e. The Morgan fingerprint density at radius 2 is 1.75 bits per heavy atom. The number of fused-ring (bicyclic) bond motifs is 1. The van der Waals surface area contributed by atoms with Crippen molar-refractivity contribution in [1.82, 2.24) is 9.13 Å². The van der Waals surface area contributed by atoms with Gasteiger partial charge in [0.1, 0.15) is 5.39 Å². The van der Waals surface area contributed by atoms with Gasteiger partial charge in [-0.3, -0.25) is 18.7 Å². The van der Waals surface area contributed by atoms with E-state index in [-0.39, 0.29) is 48.1 Å². The molecular weight excluding hydrogens is 417 g/mol. The minimum absolute atomic E-state index is 0.0816. The van der Waals surface area contributed by atoms with Crippen LogP contribution in [0.15, 0.2) is 15.7 Å². The van der Waals surface area contributed by atoms with E-state index in [2.05, 4.69) is 5.32 Å². The van der Waals surface area contributed by atoms with Crippen molar-refractivity contribution < 1.29 is 19.4 Å². The molecule has 0 atom stereocenters. The molecule has 3 N–H and O–H groups in total. The zero-order valence-electron chi connectivity index (χ0n) is 18.1. The lowest BCUT2D eigenvalue weighted by Gasteiger charge is -2.25. The number of benzene rings is 1. The van der Waals surface area contributed by atoms with Gasteiger partial charge in [0, 0.05) is 25.0 Å². The Labute approximate surface area is 184 Å². The fourth-order valence-corrected chi connectivity index (χ4v) is 5.16. The third kappa shape index (κ3) is 4.25. The molecule has 0 unspecified atom stereocenters. The van der Waals surface area contributed by atoms with Gasteiger partial charge in [0.25, 0.3) is 5.56 Å². The van der Waals surface area contributed by atoms with Crippen LogP contribution in [0.25, 0.3) is 10.9 Å². The molecule has 0 spiro atoms. The van der Waals surface area contributed by atoms with E-state index in [1.165, 1.54) is 10.6 Å². The summed E-state index contributed by atoms with van der Waals surface area (Å²) in [4.78, 5) is 37.3. The number of anilines is 1. The molecule has 0 saturated heterocycles. The second kappa shape index (κ2) is 9.34. The molecule has 0 aliphatic heterocycles. The molecule has 174 valence electrons. The zero-order chi connectivity index (χ0) is 22.8. The maximum absolute atomic E-state index is 15.1. The number of aromatic nitrogens is 2. The molecule has 2 aromatic rings. The lowest BCUT2D eigenvalue weighted by Crippen LogP contribution is -2.41. The molecule has 0 amide bonds. The highest BCUT2D eigenvalue weighted by molar-refractivity contribution is 5.88. The lowest BCUT2D eigenvalue weighted by molar-refractivity contribution is -0.137. The van der Waals surface area contributed by atoms with E-state index in [1.807, 2.05) is 0 Å². The van der Waals surface area contributed by atoms with E-state index in [9.17, 15) is 19.5 Å². The number of halogens is 1. The van der Waals surface area contributed by atoms with E-state index in [0.29, 0.717) is 0 Å². The van der Waals surface area contributed by atoms with Crippen molar-refractivity contribution in [3.8, 4) is 5.75 Å². The molecule has 1 heterocycles. The molecule has 2 saturated carbocycles. The summed E-state index contributed by atoms with van der Waals surface area (Å²) in [5.74, 6) is -2.68. The average Bonchev–Trinajstić information content (AvgIpc) is 3.29. The molecule has 8 nitrogen and oxygen atoms in total. The lowest BCUT2D eigenvalue weighted by atomic mass is 9.95. The van der Waals surface area contributed by atoms with Crippen LogP contribution in [0.1, 0.15) is 76.7 Å². The van der Waals surface area contributed by atoms with Crippen molar-refractivity contribution in [2.24, 2.45) is 0 Å². The second-order valence-corrected chi connectivity index (χ2v) is 9.01. The van der Waals surface area contributed by atoms with Crippen molar-refractivity contribution >= 4 is 22.6 Å². The Bertz CT molecular complexity index is 1130. The quantitative estimate of drug-likeness (QED) is 0.596. The summed E-state index contributed by atoms with van der Waals surface area (Å²) >= 11 is 0. The first-order chi connectivity index (χ1) is 15.4. The van der Waals surface area contributed by atoms with Gasteiger partial charge in [-0.15, -0.1) is 0 Å². The SMILES string of the molecule is O=C(O)CCCn1c(=O)c2c(O)c(F)c(NC3CCCCC3)cc2n(C2CCCC2)c1=O. The average molecular weight is 448 g/mol. The van der Waals surface area contributed by atoms with Crippen molar-refractivity contribution in [2.75, 3.05) is 5.32 Å². The van der Waals surface area contributed by atoms with E-state index < -0.39 is 28.8 Å². The summed E-state index contributed by atoms with van der Waals surface area (Å²) in [5.41, 5.74) is -0.977. The molecule has 9 heteroatoms. The van der Waals surface area contributed by atoms with Crippen molar-refractivity contribution in [2.45, 2.75) is 89.3 Å². The number of hydrogen-bond donors (Lipinski definition) is 3. The minimum Gasteiger partial charge on any atom is -0.504 e. The van der Waals surface area contributed by atoms with E-state index in [4.69, 9.17) is 5.11 Å². The fourth-order valence-electron chi connectivity index (χ4n) is 5.16. The molecule has 0 radical (unpaired) electrons. The highest BCUT2D eigenvalue weighted by Gasteiger charge is 2.27. The molecule has 1 aromatic carbocycles. The van der Waals surface area contributed by atoms with Gasteiger partial charge in [-0.1, -0.05) is 32.1 Å². The topological polar surface area (TPSA) is 114 Å². The first-order valence-electron chi connectivity index (χ1n) is 11.6. The number of aromatic hydroxyl groups is 1. The highest BCUT2D eigenvalue weighted by atomic mass is 19.1. The monoisotopic (exact) mass is 447 g/mol. The van der Waals surface area contributed by atoms with Crippen LogP contribution >= 0.6 is 0 Å². The number of nitrogens with zero attached hydrogens (tertiary/aromatic N) is 2. The van der Waals surface area contributed by atoms with Crippen LogP contribution in [-0.2, 0) is 11.3 Å². The van der Waals surface area contributed by atoms with Gasteiger partial charge in [0.2, 0.25) is 0 Å². The molecule has 2 fully saturated rings. The summed E-state index contributed by atoms with van der Waals surface area (Å²) in [5, 5.41) is 22.6. The van der Waals surface area contributed by atoms with Crippen molar-refractivity contribution in [3.05, 3.63) is 32.7 Å². The summed E-state index contributed by atoms with van der Waals surface area (Å²) in [6, 6.07) is 1.42. The number of hydrogen-bond acceptors (Lipinski definition) is 5. The fraction of sp³-hybridized carbons (Fsp3) is 0.609.